The summed E-state index contributed by atoms with van der Waals surface area (Å²) in [6, 6.07) is 4.99. The lowest BCUT2D eigenvalue weighted by molar-refractivity contribution is -0.383. The molecule has 1 N–H and O–H groups in total. The van der Waals surface area contributed by atoms with Crippen molar-refractivity contribution in [2.75, 3.05) is 50.1 Å². The van der Waals surface area contributed by atoms with Crippen molar-refractivity contribution in [3.05, 3.63) is 39.7 Å². The molecule has 0 unspecified atom stereocenters. The van der Waals surface area contributed by atoms with Gasteiger partial charge in [-0.1, -0.05) is 18.5 Å². The predicted molar refractivity (Wildman–Crippen MR) is 104 cm³/mol. The summed E-state index contributed by atoms with van der Waals surface area (Å²) in [6.07, 6.45) is 1.33. The highest BCUT2D eigenvalue weighted by Crippen LogP contribution is 2.37. The van der Waals surface area contributed by atoms with Crippen LogP contribution in [0.25, 0.3) is 0 Å². The van der Waals surface area contributed by atoms with E-state index in [9.17, 15) is 10.1 Å². The fourth-order valence-electron chi connectivity index (χ4n) is 3.04. The second-order valence-electron chi connectivity index (χ2n) is 6.04. The number of rotatable bonds is 6. The van der Waals surface area contributed by atoms with Gasteiger partial charge in [-0.25, -0.2) is 9.97 Å². The topological polar surface area (TPSA) is 96.7 Å². The summed E-state index contributed by atoms with van der Waals surface area (Å²) in [5, 5.41) is 15.3. The summed E-state index contributed by atoms with van der Waals surface area (Å²) in [5.41, 5.74) is 0.332. The Morgan fingerprint density at radius 3 is 2.67 bits per heavy atom. The van der Waals surface area contributed by atoms with Crippen LogP contribution >= 0.6 is 11.6 Å². The minimum Gasteiger partial charge on any atom is -0.495 e. The highest BCUT2D eigenvalue weighted by molar-refractivity contribution is 6.31. The Balaban J connectivity index is 1.95. The smallest absolute Gasteiger partial charge is 0.353 e. The molecule has 144 valence electrons. The van der Waals surface area contributed by atoms with Crippen LogP contribution in [0, 0.1) is 10.1 Å². The Morgan fingerprint density at radius 2 is 2.04 bits per heavy atom. The maximum Gasteiger partial charge on any atom is 0.353 e. The van der Waals surface area contributed by atoms with Gasteiger partial charge in [-0.05, 0) is 24.7 Å². The van der Waals surface area contributed by atoms with Crippen molar-refractivity contribution in [1.82, 2.24) is 14.9 Å². The molecule has 2 aromatic rings. The van der Waals surface area contributed by atoms with Gasteiger partial charge in [-0.3, -0.25) is 10.1 Å². The number of nitrogens with zero attached hydrogens (tertiary/aromatic N) is 5. The van der Waals surface area contributed by atoms with E-state index in [0.29, 0.717) is 35.4 Å². The normalized spacial score (nSPS) is 14.9. The van der Waals surface area contributed by atoms with Crippen molar-refractivity contribution in [2.24, 2.45) is 0 Å². The lowest BCUT2D eigenvalue weighted by atomic mass is 10.2. The number of methoxy groups -OCH3 is 1. The molecule has 0 radical (unpaired) electrons. The van der Waals surface area contributed by atoms with Crippen molar-refractivity contribution in [1.29, 1.82) is 0 Å². The van der Waals surface area contributed by atoms with Crippen LogP contribution in [-0.4, -0.2) is 59.6 Å². The number of nitrogens with one attached hydrogen (secondary N) is 1. The SMILES string of the molecule is CCN1CCN(c2ncnc(Nc3cc(Cl)ccc3OC)c2[N+](=O)[O-])CC1. The first kappa shape index (κ1) is 19.1. The van der Waals surface area contributed by atoms with Crippen LogP contribution in [0.1, 0.15) is 6.92 Å². The molecule has 3 rings (SSSR count). The lowest BCUT2D eigenvalue weighted by Gasteiger charge is -2.34. The highest BCUT2D eigenvalue weighted by atomic mass is 35.5. The Labute approximate surface area is 162 Å². The van der Waals surface area contributed by atoms with E-state index in [0.717, 1.165) is 19.6 Å². The number of aromatic nitrogens is 2. The van der Waals surface area contributed by atoms with Gasteiger partial charge in [-0.15, -0.1) is 0 Å². The number of hydrogen-bond donors (Lipinski definition) is 1. The van der Waals surface area contributed by atoms with E-state index in [2.05, 4.69) is 27.1 Å². The van der Waals surface area contributed by atoms with E-state index in [1.807, 2.05) is 4.90 Å². The molecule has 9 nitrogen and oxygen atoms in total. The first-order chi connectivity index (χ1) is 13.0. The third kappa shape index (κ3) is 4.20. The molecular formula is C17H21ClN6O3. The molecule has 0 atom stereocenters. The Bertz CT molecular complexity index is 826. The van der Waals surface area contributed by atoms with Crippen LogP contribution in [0.4, 0.5) is 23.0 Å². The third-order valence-electron chi connectivity index (χ3n) is 4.52. The van der Waals surface area contributed by atoms with Gasteiger partial charge in [-0.2, -0.15) is 0 Å². The Hall–Kier alpha value is -2.65. The molecular weight excluding hydrogens is 372 g/mol. The quantitative estimate of drug-likeness (QED) is 0.592. The third-order valence-corrected chi connectivity index (χ3v) is 4.75. The average Bonchev–Trinajstić information content (AvgIpc) is 2.68. The van der Waals surface area contributed by atoms with Crippen LogP contribution in [-0.2, 0) is 0 Å². The first-order valence-electron chi connectivity index (χ1n) is 8.60. The molecule has 1 saturated heterocycles. The van der Waals surface area contributed by atoms with E-state index in [1.165, 1.54) is 13.4 Å². The zero-order valence-electron chi connectivity index (χ0n) is 15.2. The van der Waals surface area contributed by atoms with Gasteiger partial charge in [0.15, 0.2) is 0 Å². The molecule has 10 heteroatoms. The van der Waals surface area contributed by atoms with Gasteiger partial charge in [0.2, 0.25) is 11.6 Å². The summed E-state index contributed by atoms with van der Waals surface area (Å²) in [6.45, 7) is 6.08. The molecule has 1 aromatic carbocycles. The summed E-state index contributed by atoms with van der Waals surface area (Å²) in [5.74, 6) is 0.920. The number of nitro groups is 1. The molecule has 1 aliphatic heterocycles. The zero-order chi connectivity index (χ0) is 19.4. The van der Waals surface area contributed by atoms with E-state index in [1.54, 1.807) is 18.2 Å². The number of likely N-dealkylation sites (N-methyl/N-ethyl adjacent to an activating group) is 1. The van der Waals surface area contributed by atoms with Crippen molar-refractivity contribution in [2.45, 2.75) is 6.92 Å². The van der Waals surface area contributed by atoms with Gasteiger partial charge >= 0.3 is 5.69 Å². The van der Waals surface area contributed by atoms with Gasteiger partial charge in [0.1, 0.15) is 12.1 Å². The number of ether oxygens (including phenoxy) is 1. The van der Waals surface area contributed by atoms with Crippen LogP contribution in [0.5, 0.6) is 5.75 Å². The average molecular weight is 393 g/mol. The fraction of sp³-hybridized carbons (Fsp3) is 0.412. The molecule has 1 aliphatic rings. The van der Waals surface area contributed by atoms with Gasteiger partial charge in [0.25, 0.3) is 0 Å². The van der Waals surface area contributed by atoms with E-state index >= 15 is 0 Å². The fourth-order valence-corrected chi connectivity index (χ4v) is 3.21. The van der Waals surface area contributed by atoms with E-state index < -0.39 is 4.92 Å². The second-order valence-corrected chi connectivity index (χ2v) is 6.48. The molecule has 1 fully saturated rings. The first-order valence-corrected chi connectivity index (χ1v) is 8.98. The Morgan fingerprint density at radius 1 is 1.30 bits per heavy atom. The van der Waals surface area contributed by atoms with Crippen LogP contribution in [0.15, 0.2) is 24.5 Å². The van der Waals surface area contributed by atoms with Crippen molar-refractivity contribution in [3.8, 4) is 5.75 Å². The molecule has 2 heterocycles. The van der Waals surface area contributed by atoms with Crippen molar-refractivity contribution >= 4 is 34.6 Å². The van der Waals surface area contributed by atoms with E-state index in [-0.39, 0.29) is 11.5 Å². The summed E-state index contributed by atoms with van der Waals surface area (Å²) in [7, 11) is 1.52. The number of anilines is 3. The molecule has 0 amide bonds. The molecule has 1 aromatic heterocycles. The number of hydrogen-bond acceptors (Lipinski definition) is 8. The Kier molecular flexibility index (Phi) is 5.92. The largest absolute Gasteiger partial charge is 0.495 e. The molecule has 0 bridgehead atoms. The van der Waals surface area contributed by atoms with Crippen LogP contribution in [0.2, 0.25) is 5.02 Å². The molecule has 27 heavy (non-hydrogen) atoms. The monoisotopic (exact) mass is 392 g/mol. The van der Waals surface area contributed by atoms with Gasteiger partial charge in [0, 0.05) is 31.2 Å². The van der Waals surface area contributed by atoms with Crippen LogP contribution in [0.3, 0.4) is 0 Å². The minimum absolute atomic E-state index is 0.100. The number of halogens is 1. The van der Waals surface area contributed by atoms with Gasteiger partial charge < -0.3 is 19.9 Å². The zero-order valence-corrected chi connectivity index (χ0v) is 15.9. The maximum atomic E-state index is 11.8. The highest BCUT2D eigenvalue weighted by Gasteiger charge is 2.29. The summed E-state index contributed by atoms with van der Waals surface area (Å²) in [4.78, 5) is 23.8. The maximum absolute atomic E-state index is 11.8. The minimum atomic E-state index is -0.457. The van der Waals surface area contributed by atoms with E-state index in [4.69, 9.17) is 16.3 Å². The molecule has 0 spiro atoms. The summed E-state index contributed by atoms with van der Waals surface area (Å²) >= 11 is 6.05. The van der Waals surface area contributed by atoms with Crippen molar-refractivity contribution in [3.63, 3.8) is 0 Å². The van der Waals surface area contributed by atoms with Crippen molar-refractivity contribution < 1.29 is 9.66 Å². The standard InChI is InChI=1S/C17H21ClN6O3/c1-3-22-6-8-23(9-7-22)17-15(24(25)26)16(19-11-20-17)21-13-10-12(18)4-5-14(13)27-2/h4-5,10-11H,3,6-9H2,1-2H3,(H,19,20,21). The lowest BCUT2D eigenvalue weighted by Crippen LogP contribution is -2.46. The van der Waals surface area contributed by atoms with Crippen LogP contribution < -0.4 is 15.0 Å². The summed E-state index contributed by atoms with van der Waals surface area (Å²) < 4.78 is 5.29. The molecule has 0 saturated carbocycles. The second kappa shape index (κ2) is 8.36. The number of piperazine rings is 1. The molecule has 0 aliphatic carbocycles. The predicted octanol–water partition coefficient (Wildman–Crippen LogP) is 2.93. The number of benzene rings is 1. The van der Waals surface area contributed by atoms with Gasteiger partial charge in [0.05, 0.1) is 17.7 Å².